The lowest BCUT2D eigenvalue weighted by atomic mass is 9.85. The molecule has 0 unspecified atom stereocenters. The molecule has 11 heteroatoms. The van der Waals surface area contributed by atoms with Crippen LogP contribution >= 0.6 is 0 Å². The second-order valence-electron chi connectivity index (χ2n) is 10.3. The van der Waals surface area contributed by atoms with Crippen molar-refractivity contribution in [2.45, 2.75) is 84.0 Å². The van der Waals surface area contributed by atoms with E-state index in [1.807, 2.05) is 13.8 Å². The monoisotopic (exact) mass is 535 g/mol. The maximum atomic E-state index is 12.8. The first-order valence-corrected chi connectivity index (χ1v) is 12.5. The van der Waals surface area contributed by atoms with E-state index in [-0.39, 0.29) is 38.1 Å². The molecule has 2 amide bonds. The molecule has 0 spiro atoms. The number of hydrogen-bond donors (Lipinski definition) is 1. The van der Waals surface area contributed by atoms with Gasteiger partial charge in [0.15, 0.2) is 11.9 Å². The first-order chi connectivity index (χ1) is 17.7. The second-order valence-corrected chi connectivity index (χ2v) is 10.3. The maximum Gasteiger partial charge on any atom is 0.510 e. The van der Waals surface area contributed by atoms with E-state index >= 15 is 0 Å². The fraction of sp³-hybridized carbons (Fsp3) is 0.593. The predicted molar refractivity (Wildman–Crippen MR) is 135 cm³/mol. The van der Waals surface area contributed by atoms with Crippen molar-refractivity contribution in [3.8, 4) is 0 Å². The van der Waals surface area contributed by atoms with Gasteiger partial charge in [0.2, 0.25) is 0 Å². The smallest absolute Gasteiger partial charge is 0.510 e. The van der Waals surface area contributed by atoms with Crippen molar-refractivity contribution in [1.29, 1.82) is 0 Å². The normalized spacial score (nSPS) is 24.1. The van der Waals surface area contributed by atoms with Crippen LogP contribution in [0.25, 0.3) is 0 Å². The van der Waals surface area contributed by atoms with E-state index in [0.717, 1.165) is 4.90 Å². The number of cyclic esters (lactones) is 2. The van der Waals surface area contributed by atoms with Gasteiger partial charge in [-0.25, -0.2) is 19.3 Å². The number of carbonyl (C=O) groups excluding carboxylic acids is 5. The quantitative estimate of drug-likeness (QED) is 0.113. The first-order valence-electron chi connectivity index (χ1n) is 12.5. The number of nitrogens with zero attached hydrogens (tertiary/aromatic N) is 1. The minimum Gasteiger partial charge on any atom is -0.511 e. The van der Waals surface area contributed by atoms with E-state index in [0.29, 0.717) is 12.0 Å². The molecule has 2 heterocycles. The van der Waals surface area contributed by atoms with Crippen molar-refractivity contribution >= 4 is 29.9 Å². The molecule has 2 aliphatic rings. The highest BCUT2D eigenvalue weighted by atomic mass is 16.8. The second kappa shape index (κ2) is 12.3. The Morgan fingerprint density at radius 2 is 1.92 bits per heavy atom. The summed E-state index contributed by atoms with van der Waals surface area (Å²) in [6.45, 7) is 12.5. The van der Waals surface area contributed by atoms with E-state index in [1.54, 1.807) is 26.8 Å². The predicted octanol–water partition coefficient (Wildman–Crippen LogP) is 4.31. The van der Waals surface area contributed by atoms with Crippen LogP contribution in [0.15, 0.2) is 35.6 Å². The van der Waals surface area contributed by atoms with Crippen molar-refractivity contribution in [2.24, 2.45) is 5.92 Å². The number of esters is 1. The molecule has 2 rings (SSSR count). The van der Waals surface area contributed by atoms with Gasteiger partial charge >= 0.3 is 18.2 Å². The minimum atomic E-state index is -1.74. The number of amides is 2. The van der Waals surface area contributed by atoms with E-state index in [4.69, 9.17) is 18.9 Å². The number of likely N-dealkylation sites (tertiary alicyclic amines) is 1. The molecule has 38 heavy (non-hydrogen) atoms. The molecule has 0 aromatic carbocycles. The van der Waals surface area contributed by atoms with Crippen molar-refractivity contribution in [3.63, 3.8) is 0 Å². The summed E-state index contributed by atoms with van der Waals surface area (Å²) in [7, 11) is 1.19. The zero-order chi connectivity index (χ0) is 28.8. The van der Waals surface area contributed by atoms with Crippen LogP contribution in [-0.2, 0) is 33.3 Å². The van der Waals surface area contributed by atoms with Gasteiger partial charge in [-0.15, -0.1) is 0 Å². The van der Waals surface area contributed by atoms with Crippen LogP contribution in [0.2, 0.25) is 0 Å². The molecule has 0 radical (unpaired) electrons. The van der Waals surface area contributed by atoms with Crippen molar-refractivity contribution in [1.82, 2.24) is 4.90 Å². The lowest BCUT2D eigenvalue weighted by Gasteiger charge is -2.29. The van der Waals surface area contributed by atoms with Gasteiger partial charge in [0, 0.05) is 19.4 Å². The van der Waals surface area contributed by atoms with Gasteiger partial charge < -0.3 is 24.1 Å². The van der Waals surface area contributed by atoms with Crippen LogP contribution < -0.4 is 0 Å². The van der Waals surface area contributed by atoms with Gasteiger partial charge in [-0.05, 0) is 52.0 Å². The van der Waals surface area contributed by atoms with Crippen LogP contribution in [0.1, 0.15) is 66.7 Å². The number of ketones is 1. The fourth-order valence-electron chi connectivity index (χ4n) is 4.07. The molecular formula is C27H37NO10. The Kier molecular flexibility index (Phi) is 9.88. The molecule has 2 saturated heterocycles. The maximum absolute atomic E-state index is 12.8. The highest BCUT2D eigenvalue weighted by molar-refractivity contribution is 6.24. The van der Waals surface area contributed by atoms with E-state index in [9.17, 15) is 29.1 Å². The van der Waals surface area contributed by atoms with Gasteiger partial charge in [-0.2, -0.15) is 0 Å². The molecule has 0 saturated carbocycles. The molecular weight excluding hydrogens is 498 g/mol. The fourth-order valence-corrected chi connectivity index (χ4v) is 4.07. The highest BCUT2D eigenvalue weighted by Gasteiger charge is 2.58. The SMILES string of the molecule is C=C(C/C=C/[C@]1(C(=O)OC)OC(=O)O[C@@H]1[C@@H](C)CC)CC/C(O)=C1/C(=O)CCN(C(=O)OC(C)(C)C)C1=O. The van der Waals surface area contributed by atoms with E-state index in [2.05, 4.69) is 6.58 Å². The summed E-state index contributed by atoms with van der Waals surface area (Å²) >= 11 is 0. The molecule has 1 N–H and O–H groups in total. The Hall–Kier alpha value is -3.63. The Balaban J connectivity index is 2.10. The van der Waals surface area contributed by atoms with Gasteiger partial charge in [0.25, 0.3) is 11.5 Å². The summed E-state index contributed by atoms with van der Waals surface area (Å²) in [5.41, 5.74) is -2.42. The standard InChI is InChI=1S/C27H37NO10/c1-8-17(3)21-27(23(32)35-7,38-25(34)36-21)14-9-10-16(2)11-12-18(29)20-19(30)13-15-28(22(20)31)24(33)37-26(4,5)6/h9,14,17,21,29H,2,8,10-13,15H2,1,3-7H3/b14-9+,20-18+/t17-,21+,27-/m0/s1. The molecule has 0 aromatic rings. The minimum absolute atomic E-state index is 0.0720. The number of ether oxygens (including phenoxy) is 4. The van der Waals surface area contributed by atoms with Gasteiger partial charge in [-0.1, -0.05) is 32.1 Å². The number of imide groups is 1. The lowest BCUT2D eigenvalue weighted by molar-refractivity contribution is -0.158. The number of aliphatic hydroxyl groups is 1. The zero-order valence-electron chi connectivity index (χ0n) is 22.8. The Bertz CT molecular complexity index is 1050. The molecule has 0 aromatic heterocycles. The van der Waals surface area contributed by atoms with Crippen LogP contribution in [0.5, 0.6) is 0 Å². The van der Waals surface area contributed by atoms with Crippen LogP contribution in [0.3, 0.4) is 0 Å². The van der Waals surface area contributed by atoms with Crippen molar-refractivity contribution < 1.29 is 48.0 Å². The molecule has 3 atom stereocenters. The number of rotatable bonds is 9. The largest absolute Gasteiger partial charge is 0.511 e. The summed E-state index contributed by atoms with van der Waals surface area (Å²) in [4.78, 5) is 62.8. The number of piperidine rings is 1. The van der Waals surface area contributed by atoms with Crippen LogP contribution in [0, 0.1) is 5.92 Å². The lowest BCUT2D eigenvalue weighted by Crippen LogP contribution is -2.49. The third-order valence-corrected chi connectivity index (χ3v) is 6.25. The number of Topliss-reactive ketones (excluding diaryl/α,β-unsaturated/α-hetero) is 1. The third kappa shape index (κ3) is 7.02. The zero-order valence-corrected chi connectivity index (χ0v) is 22.8. The molecule has 2 aliphatic heterocycles. The van der Waals surface area contributed by atoms with Gasteiger partial charge in [0.05, 0.1) is 7.11 Å². The molecule has 0 bridgehead atoms. The van der Waals surface area contributed by atoms with Crippen molar-refractivity contribution in [3.05, 3.63) is 35.6 Å². The Morgan fingerprint density at radius 3 is 2.50 bits per heavy atom. The topological polar surface area (TPSA) is 146 Å². The Labute approximate surface area is 222 Å². The number of methoxy groups -OCH3 is 1. The molecule has 0 aliphatic carbocycles. The van der Waals surface area contributed by atoms with Crippen LogP contribution in [-0.4, -0.2) is 70.9 Å². The van der Waals surface area contributed by atoms with Gasteiger partial charge in [0.1, 0.15) is 16.9 Å². The number of aliphatic hydroxyl groups excluding tert-OH is 1. The Morgan fingerprint density at radius 1 is 1.26 bits per heavy atom. The number of allylic oxidation sites excluding steroid dienone is 3. The van der Waals surface area contributed by atoms with E-state index < -0.39 is 58.5 Å². The summed E-state index contributed by atoms with van der Waals surface area (Å²) in [5.74, 6) is -2.88. The highest BCUT2D eigenvalue weighted by Crippen LogP contribution is 2.36. The summed E-state index contributed by atoms with van der Waals surface area (Å²) < 4.78 is 20.6. The summed E-state index contributed by atoms with van der Waals surface area (Å²) in [5, 5.41) is 10.6. The number of carbonyl (C=O) groups is 5. The molecule has 210 valence electrons. The number of hydrogen-bond acceptors (Lipinski definition) is 10. The molecule has 11 nitrogen and oxygen atoms in total. The summed E-state index contributed by atoms with van der Waals surface area (Å²) in [6.07, 6.45) is 1.13. The molecule has 2 fully saturated rings. The van der Waals surface area contributed by atoms with Gasteiger partial charge in [-0.3, -0.25) is 9.59 Å². The van der Waals surface area contributed by atoms with Crippen molar-refractivity contribution in [2.75, 3.05) is 13.7 Å². The summed E-state index contributed by atoms with van der Waals surface area (Å²) in [6, 6.07) is 0. The third-order valence-electron chi connectivity index (χ3n) is 6.25. The average Bonchev–Trinajstić information content (AvgIpc) is 3.17. The van der Waals surface area contributed by atoms with Crippen LogP contribution in [0.4, 0.5) is 9.59 Å². The van der Waals surface area contributed by atoms with E-state index in [1.165, 1.54) is 13.2 Å². The first kappa shape index (κ1) is 30.6. The average molecular weight is 536 g/mol.